The van der Waals surface area contributed by atoms with Crippen molar-refractivity contribution in [3.05, 3.63) is 64.8 Å². The van der Waals surface area contributed by atoms with Crippen molar-refractivity contribution in [1.29, 1.82) is 0 Å². The third-order valence-electron chi connectivity index (χ3n) is 5.15. The summed E-state index contributed by atoms with van der Waals surface area (Å²) in [6.07, 6.45) is 2.84. The Labute approximate surface area is 203 Å². The number of nitrogens with two attached hydrogens (primary N) is 1. The van der Waals surface area contributed by atoms with Gasteiger partial charge < -0.3 is 10.6 Å². The first kappa shape index (κ1) is 24.4. The largest absolute Gasteiger partial charge is 0.339 e. The minimum absolute atomic E-state index is 0.00400. The summed E-state index contributed by atoms with van der Waals surface area (Å²) in [6, 6.07) is 11.9. The van der Waals surface area contributed by atoms with E-state index in [1.54, 1.807) is 43.3 Å². The number of anilines is 4. The van der Waals surface area contributed by atoms with Crippen LogP contribution < -0.4 is 20.5 Å². The van der Waals surface area contributed by atoms with Gasteiger partial charge in [0.2, 0.25) is 26.0 Å². The lowest BCUT2D eigenvalue weighted by molar-refractivity contribution is 0.580. The van der Waals surface area contributed by atoms with Gasteiger partial charge in [-0.15, -0.1) is 0 Å². The average Bonchev–Trinajstić information content (AvgIpc) is 3.62. The zero-order valence-electron chi connectivity index (χ0n) is 18.1. The lowest BCUT2D eigenvalue weighted by Gasteiger charge is -2.12. The van der Waals surface area contributed by atoms with E-state index in [1.165, 1.54) is 12.3 Å². The molecular weight excluding hydrogens is 500 g/mol. The van der Waals surface area contributed by atoms with Gasteiger partial charge in [0.1, 0.15) is 5.02 Å². The fourth-order valence-electron chi connectivity index (χ4n) is 3.15. The van der Waals surface area contributed by atoms with Crippen molar-refractivity contribution >= 4 is 54.8 Å². The van der Waals surface area contributed by atoms with Crippen molar-refractivity contribution < 1.29 is 16.8 Å². The van der Waals surface area contributed by atoms with Crippen LogP contribution >= 0.6 is 11.6 Å². The number of nitrogens with one attached hydrogen (secondary N) is 3. The fourth-order valence-corrected chi connectivity index (χ4v) is 5.46. The van der Waals surface area contributed by atoms with E-state index in [0.29, 0.717) is 35.6 Å². The summed E-state index contributed by atoms with van der Waals surface area (Å²) in [5.41, 5.74) is 2.47. The van der Waals surface area contributed by atoms with E-state index < -0.39 is 20.0 Å². The highest BCUT2D eigenvalue weighted by atomic mass is 35.5. The van der Waals surface area contributed by atoms with Crippen LogP contribution in [0.25, 0.3) is 0 Å². The number of benzene rings is 2. The molecule has 1 aliphatic carbocycles. The zero-order chi connectivity index (χ0) is 24.5. The molecular formula is C21H23ClN6O4S2. The molecule has 0 bridgehead atoms. The van der Waals surface area contributed by atoms with E-state index in [2.05, 4.69) is 25.3 Å². The molecule has 4 rings (SSSR count). The fraction of sp³-hybridized carbons (Fsp3) is 0.238. The summed E-state index contributed by atoms with van der Waals surface area (Å²) >= 11 is 6.23. The lowest BCUT2D eigenvalue weighted by Crippen LogP contribution is -2.26. The molecule has 1 aromatic heterocycles. The number of hydrogen-bond donors (Lipinski definition) is 4. The first-order chi connectivity index (χ1) is 16.0. The van der Waals surface area contributed by atoms with Gasteiger partial charge in [-0.05, 0) is 55.2 Å². The molecule has 1 heterocycles. The quantitative estimate of drug-likeness (QED) is 0.334. The molecule has 0 saturated heterocycles. The Balaban J connectivity index is 1.45. The Morgan fingerprint density at radius 3 is 2.35 bits per heavy atom. The molecule has 0 radical (unpaired) electrons. The topological polar surface area (TPSA) is 156 Å². The second-order valence-corrected chi connectivity index (χ2v) is 11.9. The maximum absolute atomic E-state index is 12.0. The van der Waals surface area contributed by atoms with Crippen LogP contribution in [0.4, 0.5) is 23.1 Å². The summed E-state index contributed by atoms with van der Waals surface area (Å²) in [4.78, 5) is 8.49. The van der Waals surface area contributed by atoms with Gasteiger partial charge in [-0.1, -0.05) is 29.8 Å². The highest BCUT2D eigenvalue weighted by Crippen LogP contribution is 2.28. The van der Waals surface area contributed by atoms with Crippen molar-refractivity contribution in [2.24, 2.45) is 5.14 Å². The number of halogens is 1. The van der Waals surface area contributed by atoms with E-state index >= 15 is 0 Å². The SMILES string of the molecule is Cc1ccc(Nc2ncc(Cl)c(Nc3ccc(CNS(=O)(=O)C4CC4)cc3)n2)cc1S(N)(=O)=O. The van der Waals surface area contributed by atoms with Gasteiger partial charge >= 0.3 is 0 Å². The molecule has 180 valence electrons. The van der Waals surface area contributed by atoms with Gasteiger partial charge in [0.25, 0.3) is 0 Å². The maximum Gasteiger partial charge on any atom is 0.238 e. The smallest absolute Gasteiger partial charge is 0.238 e. The van der Waals surface area contributed by atoms with Crippen molar-refractivity contribution in [2.45, 2.75) is 36.5 Å². The first-order valence-corrected chi connectivity index (χ1v) is 13.8. The standard InChI is InChI=1S/C21H23ClN6O4S2/c1-13-2-5-16(10-19(13)33(23,29)30)27-21-24-12-18(22)20(28-21)26-15-6-3-14(4-7-15)11-25-34(31,32)17-8-9-17/h2-7,10,12,17,25H,8-9,11H2,1H3,(H2,23,29,30)(H2,24,26,27,28). The van der Waals surface area contributed by atoms with E-state index in [4.69, 9.17) is 16.7 Å². The molecule has 34 heavy (non-hydrogen) atoms. The Morgan fingerprint density at radius 2 is 1.71 bits per heavy atom. The maximum atomic E-state index is 12.0. The van der Waals surface area contributed by atoms with Gasteiger partial charge in [0.15, 0.2) is 5.82 Å². The van der Waals surface area contributed by atoms with Crippen molar-refractivity contribution in [1.82, 2.24) is 14.7 Å². The number of primary sulfonamides is 1. The summed E-state index contributed by atoms with van der Waals surface area (Å²) in [6.45, 7) is 1.87. The third-order valence-corrected chi connectivity index (χ3v) is 8.38. The molecule has 0 amide bonds. The van der Waals surface area contributed by atoms with Gasteiger partial charge in [-0.2, -0.15) is 4.98 Å². The van der Waals surface area contributed by atoms with Gasteiger partial charge in [0, 0.05) is 17.9 Å². The number of rotatable bonds is 9. The predicted molar refractivity (Wildman–Crippen MR) is 131 cm³/mol. The van der Waals surface area contributed by atoms with Crippen LogP contribution in [-0.2, 0) is 26.6 Å². The average molecular weight is 523 g/mol. The van der Waals surface area contributed by atoms with E-state index in [-0.39, 0.29) is 27.7 Å². The minimum atomic E-state index is -3.87. The molecule has 1 saturated carbocycles. The lowest BCUT2D eigenvalue weighted by atomic mass is 10.2. The van der Waals surface area contributed by atoms with Crippen molar-refractivity contribution in [3.8, 4) is 0 Å². The Kier molecular flexibility index (Phi) is 6.78. The van der Waals surface area contributed by atoms with Crippen LogP contribution in [0.1, 0.15) is 24.0 Å². The Bertz CT molecular complexity index is 1430. The van der Waals surface area contributed by atoms with E-state index in [1.807, 2.05) is 0 Å². The molecule has 3 aromatic rings. The minimum Gasteiger partial charge on any atom is -0.339 e. The number of hydrogen-bond acceptors (Lipinski definition) is 8. The number of aromatic nitrogens is 2. The summed E-state index contributed by atoms with van der Waals surface area (Å²) in [5, 5.41) is 11.3. The molecule has 2 aromatic carbocycles. The van der Waals surface area contributed by atoms with E-state index in [0.717, 1.165) is 5.56 Å². The van der Waals surface area contributed by atoms with Crippen LogP contribution in [0, 0.1) is 6.92 Å². The summed E-state index contributed by atoms with van der Waals surface area (Å²) in [5.74, 6) is 0.530. The zero-order valence-corrected chi connectivity index (χ0v) is 20.5. The highest BCUT2D eigenvalue weighted by molar-refractivity contribution is 7.90. The second-order valence-electron chi connectivity index (χ2n) is 7.93. The molecule has 0 atom stereocenters. The molecule has 0 spiro atoms. The van der Waals surface area contributed by atoms with Crippen LogP contribution in [0.5, 0.6) is 0 Å². The normalized spacial score (nSPS) is 14.1. The molecule has 0 aliphatic heterocycles. The van der Waals surface area contributed by atoms with E-state index in [9.17, 15) is 16.8 Å². The molecule has 0 unspecified atom stereocenters. The first-order valence-electron chi connectivity index (χ1n) is 10.3. The predicted octanol–water partition coefficient (Wildman–Crippen LogP) is 3.15. The summed E-state index contributed by atoms with van der Waals surface area (Å²) in [7, 11) is -7.11. The molecule has 5 N–H and O–H groups in total. The Hall–Kier alpha value is -2.77. The molecule has 1 fully saturated rings. The van der Waals surface area contributed by atoms with Crippen LogP contribution in [0.2, 0.25) is 5.02 Å². The van der Waals surface area contributed by atoms with Gasteiger partial charge in [-0.3, -0.25) is 0 Å². The van der Waals surface area contributed by atoms with Crippen molar-refractivity contribution in [3.63, 3.8) is 0 Å². The molecule has 1 aliphatic rings. The van der Waals surface area contributed by atoms with Gasteiger partial charge in [-0.25, -0.2) is 31.7 Å². The molecule has 13 heteroatoms. The van der Waals surface area contributed by atoms with Crippen LogP contribution in [0.3, 0.4) is 0 Å². The molecule has 10 nitrogen and oxygen atoms in total. The van der Waals surface area contributed by atoms with Crippen molar-refractivity contribution in [2.75, 3.05) is 10.6 Å². The second kappa shape index (κ2) is 9.47. The number of aryl methyl sites for hydroxylation is 1. The summed E-state index contributed by atoms with van der Waals surface area (Å²) < 4.78 is 50.1. The van der Waals surface area contributed by atoms with Gasteiger partial charge in [0.05, 0.1) is 16.3 Å². The van der Waals surface area contributed by atoms with Crippen LogP contribution in [0.15, 0.2) is 53.6 Å². The van der Waals surface area contributed by atoms with Crippen LogP contribution in [-0.4, -0.2) is 32.1 Å². The number of nitrogens with zero attached hydrogens (tertiary/aromatic N) is 2. The number of sulfonamides is 2. The Morgan fingerprint density at radius 1 is 1.03 bits per heavy atom. The monoisotopic (exact) mass is 522 g/mol. The highest BCUT2D eigenvalue weighted by Gasteiger charge is 2.35. The third kappa shape index (κ3) is 6.02.